The van der Waals surface area contributed by atoms with Gasteiger partial charge in [-0.25, -0.2) is 4.79 Å². The molecule has 3 atom stereocenters. The molecule has 5 nitrogen and oxygen atoms in total. The summed E-state index contributed by atoms with van der Waals surface area (Å²) >= 11 is 0. The Morgan fingerprint density at radius 3 is 2.40 bits per heavy atom. The van der Waals surface area contributed by atoms with Gasteiger partial charge in [0.25, 0.3) is 0 Å². The van der Waals surface area contributed by atoms with Gasteiger partial charge in [0.1, 0.15) is 6.04 Å². The maximum absolute atomic E-state index is 12.7. The van der Waals surface area contributed by atoms with Crippen LogP contribution in [0, 0.1) is 17.8 Å². The molecule has 0 spiro atoms. The number of aliphatic carboxylic acids is 1. The van der Waals surface area contributed by atoms with Gasteiger partial charge in [-0.15, -0.1) is 0 Å². The van der Waals surface area contributed by atoms with Crippen LogP contribution in [0.5, 0.6) is 0 Å². The Balaban J connectivity index is 1.72. The Morgan fingerprint density at radius 1 is 1.05 bits per heavy atom. The lowest BCUT2D eigenvalue weighted by atomic mass is 9.85. The molecule has 0 aromatic heterocycles. The number of carbonyl (C=O) groups excluding carboxylic acids is 1. The zero-order valence-electron chi connectivity index (χ0n) is 11.8. The van der Waals surface area contributed by atoms with Crippen molar-refractivity contribution < 1.29 is 14.7 Å². The van der Waals surface area contributed by atoms with Gasteiger partial charge >= 0.3 is 5.97 Å². The number of amides is 1. The molecule has 1 saturated heterocycles. The van der Waals surface area contributed by atoms with Crippen LogP contribution >= 0.6 is 0 Å². The fraction of sp³-hybridized carbons (Fsp3) is 0.867. The van der Waals surface area contributed by atoms with Crippen LogP contribution in [0.15, 0.2) is 0 Å². The number of likely N-dealkylation sites (tertiary alicyclic amines) is 1. The summed E-state index contributed by atoms with van der Waals surface area (Å²) in [5.41, 5.74) is 5.88. The monoisotopic (exact) mass is 280 g/mol. The summed E-state index contributed by atoms with van der Waals surface area (Å²) in [5, 5.41) is 9.51. The molecule has 3 aliphatic rings. The lowest BCUT2D eigenvalue weighted by Gasteiger charge is -2.31. The van der Waals surface area contributed by atoms with Gasteiger partial charge in [0.15, 0.2) is 0 Å². The molecule has 112 valence electrons. The van der Waals surface area contributed by atoms with E-state index in [1.165, 1.54) is 0 Å². The van der Waals surface area contributed by atoms with E-state index in [0.717, 1.165) is 44.9 Å². The van der Waals surface area contributed by atoms with Gasteiger partial charge in [-0.2, -0.15) is 0 Å². The summed E-state index contributed by atoms with van der Waals surface area (Å²) in [6.07, 6.45) is 6.55. The van der Waals surface area contributed by atoms with Gasteiger partial charge in [0.2, 0.25) is 5.91 Å². The lowest BCUT2D eigenvalue weighted by Crippen LogP contribution is -2.47. The molecule has 1 amide bonds. The minimum absolute atomic E-state index is 0.00419. The Bertz CT molecular complexity index is 404. The first-order valence-electron chi connectivity index (χ1n) is 7.86. The van der Waals surface area contributed by atoms with Gasteiger partial charge < -0.3 is 15.7 Å². The molecular formula is C15H24N2O3. The van der Waals surface area contributed by atoms with E-state index < -0.39 is 12.0 Å². The molecule has 5 heteroatoms. The summed E-state index contributed by atoms with van der Waals surface area (Å²) < 4.78 is 0. The van der Waals surface area contributed by atoms with Crippen molar-refractivity contribution in [3.63, 3.8) is 0 Å². The highest BCUT2D eigenvalue weighted by Gasteiger charge is 2.50. The second-order valence-electron chi connectivity index (χ2n) is 6.74. The average molecular weight is 280 g/mol. The van der Waals surface area contributed by atoms with E-state index in [9.17, 15) is 14.7 Å². The van der Waals surface area contributed by atoms with E-state index in [1.54, 1.807) is 4.90 Å². The van der Waals surface area contributed by atoms with E-state index in [4.69, 9.17) is 5.73 Å². The molecule has 2 saturated carbocycles. The van der Waals surface area contributed by atoms with Crippen LogP contribution in [-0.4, -0.2) is 40.5 Å². The molecule has 1 heterocycles. The maximum Gasteiger partial charge on any atom is 0.326 e. The molecule has 3 fully saturated rings. The van der Waals surface area contributed by atoms with Crippen LogP contribution < -0.4 is 5.73 Å². The van der Waals surface area contributed by atoms with Gasteiger partial charge in [-0.1, -0.05) is 6.42 Å². The summed E-state index contributed by atoms with van der Waals surface area (Å²) in [6.45, 7) is 0.656. The first-order chi connectivity index (χ1) is 9.58. The highest BCUT2D eigenvalue weighted by molar-refractivity contribution is 5.86. The van der Waals surface area contributed by atoms with Crippen molar-refractivity contribution >= 4 is 11.9 Å². The molecular weight excluding hydrogens is 256 g/mol. The fourth-order valence-electron chi connectivity index (χ4n) is 4.45. The average Bonchev–Trinajstić information content (AvgIpc) is 2.97. The highest BCUT2D eigenvalue weighted by Crippen LogP contribution is 2.43. The molecule has 0 bridgehead atoms. The third kappa shape index (κ3) is 2.32. The number of rotatable bonds is 2. The van der Waals surface area contributed by atoms with Crippen LogP contribution in [0.1, 0.15) is 44.9 Å². The van der Waals surface area contributed by atoms with Crippen LogP contribution in [0.25, 0.3) is 0 Å². The van der Waals surface area contributed by atoms with Crippen molar-refractivity contribution in [3.8, 4) is 0 Å². The Kier molecular flexibility index (Phi) is 3.71. The third-order valence-corrected chi connectivity index (χ3v) is 5.55. The summed E-state index contributed by atoms with van der Waals surface area (Å²) in [6, 6.07) is -0.363. The topological polar surface area (TPSA) is 83.6 Å². The number of nitrogens with two attached hydrogens (primary N) is 1. The first kappa shape index (κ1) is 13.9. The number of carbonyl (C=O) groups is 2. The van der Waals surface area contributed by atoms with E-state index >= 15 is 0 Å². The number of nitrogens with zero attached hydrogens (tertiary/aromatic N) is 1. The lowest BCUT2D eigenvalue weighted by molar-refractivity contribution is -0.151. The molecule has 0 aromatic carbocycles. The van der Waals surface area contributed by atoms with Gasteiger partial charge in [-0.05, 0) is 50.4 Å². The van der Waals surface area contributed by atoms with E-state index in [1.807, 2.05) is 0 Å². The van der Waals surface area contributed by atoms with Crippen LogP contribution in [0.3, 0.4) is 0 Å². The number of fused-ring (bicyclic) bond motifs is 1. The number of carboxylic acids is 1. The second-order valence-corrected chi connectivity index (χ2v) is 6.74. The van der Waals surface area contributed by atoms with Crippen molar-refractivity contribution in [2.24, 2.45) is 23.5 Å². The summed E-state index contributed by atoms with van der Waals surface area (Å²) in [5.74, 6) is -0.164. The van der Waals surface area contributed by atoms with Crippen LogP contribution in [0.4, 0.5) is 0 Å². The summed E-state index contributed by atoms with van der Waals surface area (Å²) in [4.78, 5) is 25.9. The van der Waals surface area contributed by atoms with E-state index in [2.05, 4.69) is 0 Å². The van der Waals surface area contributed by atoms with Crippen LogP contribution in [0.2, 0.25) is 0 Å². The first-order valence-corrected chi connectivity index (χ1v) is 7.86. The molecule has 0 radical (unpaired) electrons. The molecule has 3 rings (SSSR count). The molecule has 3 unspecified atom stereocenters. The number of hydrogen-bond donors (Lipinski definition) is 2. The number of hydrogen-bond acceptors (Lipinski definition) is 3. The molecule has 3 N–H and O–H groups in total. The molecule has 0 aromatic rings. The SMILES string of the molecule is NC1CCC(C(=O)N2CC3CCCC3C2C(=O)O)CC1. The second kappa shape index (κ2) is 5.35. The normalized spacial score (nSPS) is 40.6. The molecule has 2 aliphatic carbocycles. The van der Waals surface area contributed by atoms with Crippen LogP contribution in [-0.2, 0) is 9.59 Å². The van der Waals surface area contributed by atoms with Crippen molar-refractivity contribution in [2.45, 2.75) is 57.0 Å². The van der Waals surface area contributed by atoms with Crippen molar-refractivity contribution in [3.05, 3.63) is 0 Å². The predicted molar refractivity (Wildman–Crippen MR) is 73.9 cm³/mol. The van der Waals surface area contributed by atoms with Crippen molar-refractivity contribution in [1.29, 1.82) is 0 Å². The van der Waals surface area contributed by atoms with Gasteiger partial charge in [-0.3, -0.25) is 4.79 Å². The minimum atomic E-state index is -0.819. The van der Waals surface area contributed by atoms with Gasteiger partial charge in [0, 0.05) is 18.5 Å². The smallest absolute Gasteiger partial charge is 0.326 e. The standard InChI is InChI=1S/C15H24N2O3/c16-11-6-4-9(5-7-11)14(18)17-8-10-2-1-3-12(10)13(17)15(19)20/h9-13H,1-8,16H2,(H,19,20). The van der Waals surface area contributed by atoms with Crippen molar-refractivity contribution in [1.82, 2.24) is 4.90 Å². The largest absolute Gasteiger partial charge is 0.480 e. The van der Waals surface area contributed by atoms with Crippen molar-refractivity contribution in [2.75, 3.05) is 6.54 Å². The zero-order valence-corrected chi connectivity index (χ0v) is 11.8. The predicted octanol–water partition coefficient (Wildman–Crippen LogP) is 1.22. The highest BCUT2D eigenvalue weighted by atomic mass is 16.4. The Morgan fingerprint density at radius 2 is 1.75 bits per heavy atom. The number of carboxylic acid groups (broad SMARTS) is 1. The third-order valence-electron chi connectivity index (χ3n) is 5.55. The van der Waals surface area contributed by atoms with E-state index in [-0.39, 0.29) is 23.8 Å². The van der Waals surface area contributed by atoms with Gasteiger partial charge in [0.05, 0.1) is 0 Å². The quantitative estimate of drug-likeness (QED) is 0.796. The maximum atomic E-state index is 12.7. The summed E-state index contributed by atoms with van der Waals surface area (Å²) in [7, 11) is 0. The fourth-order valence-corrected chi connectivity index (χ4v) is 4.45. The van der Waals surface area contributed by atoms with E-state index in [0.29, 0.717) is 12.5 Å². The zero-order chi connectivity index (χ0) is 14.3. The minimum Gasteiger partial charge on any atom is -0.480 e. The molecule has 1 aliphatic heterocycles. The Hall–Kier alpha value is -1.10. The molecule has 20 heavy (non-hydrogen) atoms. The Labute approximate surface area is 119 Å².